The van der Waals surface area contributed by atoms with Gasteiger partial charge in [-0.15, -0.1) is 5.11 Å². The van der Waals surface area contributed by atoms with Crippen molar-refractivity contribution in [1.29, 1.82) is 0 Å². The molecule has 0 aromatic heterocycles. The minimum Gasteiger partial charge on any atom is -0.369 e. The molecule has 1 amide bonds. The van der Waals surface area contributed by atoms with Gasteiger partial charge in [0.2, 0.25) is 5.91 Å². The van der Waals surface area contributed by atoms with E-state index in [0.717, 1.165) is 17.2 Å². The Bertz CT molecular complexity index is 447. The molecule has 0 spiro atoms. The Hall–Kier alpha value is -1.51. The lowest BCUT2D eigenvalue weighted by molar-refractivity contribution is -0.199. The van der Waals surface area contributed by atoms with E-state index >= 15 is 0 Å². The van der Waals surface area contributed by atoms with Crippen molar-refractivity contribution in [3.05, 3.63) is 12.3 Å². The number of alkyl halides is 3. The summed E-state index contributed by atoms with van der Waals surface area (Å²) in [5.41, 5.74) is 2.51. The van der Waals surface area contributed by atoms with Gasteiger partial charge in [0.25, 0.3) is 5.66 Å². The Balaban J connectivity index is 2.37. The molecule has 2 N–H and O–H groups in total. The lowest BCUT2D eigenvalue weighted by Crippen LogP contribution is -2.56. The average Bonchev–Trinajstić information content (AvgIpc) is 2.82. The molecular formula is C9H9F3N4OS. The lowest BCUT2D eigenvalue weighted by Gasteiger charge is -2.36. The van der Waals surface area contributed by atoms with Crippen LogP contribution in [0.15, 0.2) is 22.5 Å². The highest BCUT2D eigenvalue weighted by Gasteiger charge is 2.62. The molecule has 2 unspecified atom stereocenters. The predicted molar refractivity (Wildman–Crippen MR) is 59.4 cm³/mol. The summed E-state index contributed by atoms with van der Waals surface area (Å²) in [6, 6.07) is 0. The van der Waals surface area contributed by atoms with Crippen molar-refractivity contribution >= 4 is 23.1 Å². The van der Waals surface area contributed by atoms with Gasteiger partial charge in [-0.05, 0) is 12.5 Å². The summed E-state index contributed by atoms with van der Waals surface area (Å²) in [6.45, 7) is -0.0324. The van der Waals surface area contributed by atoms with Gasteiger partial charge in [-0.3, -0.25) is 4.79 Å². The molecule has 2 atom stereocenters. The van der Waals surface area contributed by atoms with E-state index in [0.29, 0.717) is 0 Å². The van der Waals surface area contributed by atoms with Gasteiger partial charge in [-0.1, -0.05) is 12.2 Å². The molecule has 0 aliphatic carbocycles. The maximum absolute atomic E-state index is 13.1. The molecule has 5 nitrogen and oxygen atoms in total. The molecule has 9 heteroatoms. The van der Waals surface area contributed by atoms with Crippen molar-refractivity contribution in [2.75, 3.05) is 6.54 Å². The number of carbonyl (C=O) groups is 1. The Kier molecular flexibility index (Phi) is 2.88. The van der Waals surface area contributed by atoms with Crippen LogP contribution < -0.4 is 5.73 Å². The van der Waals surface area contributed by atoms with Crippen molar-refractivity contribution in [2.45, 2.75) is 18.3 Å². The van der Waals surface area contributed by atoms with E-state index in [4.69, 9.17) is 18.0 Å². The first-order valence-corrected chi connectivity index (χ1v) is 5.47. The van der Waals surface area contributed by atoms with E-state index in [1.807, 2.05) is 0 Å². The summed E-state index contributed by atoms with van der Waals surface area (Å²) >= 11 is 4.91. The number of thiocarbonyl (C=S) groups is 1. The molecule has 2 aliphatic rings. The summed E-state index contributed by atoms with van der Waals surface area (Å²) in [6.07, 6.45) is -2.72. The number of carbonyl (C=O) groups excluding carboxylic acids is 1. The average molecular weight is 278 g/mol. The highest BCUT2D eigenvalue weighted by molar-refractivity contribution is 7.80. The van der Waals surface area contributed by atoms with Crippen LogP contribution in [0.2, 0.25) is 0 Å². The maximum atomic E-state index is 13.1. The van der Waals surface area contributed by atoms with Crippen LogP contribution in [0.5, 0.6) is 0 Å². The quantitative estimate of drug-likeness (QED) is 0.775. The Morgan fingerprint density at radius 2 is 2.28 bits per heavy atom. The van der Waals surface area contributed by atoms with Gasteiger partial charge in [0.15, 0.2) is 0 Å². The number of hydrogen-bond acceptors (Lipinski definition) is 4. The molecule has 0 saturated carbocycles. The van der Waals surface area contributed by atoms with Crippen LogP contribution in [-0.2, 0) is 4.79 Å². The van der Waals surface area contributed by atoms with Crippen LogP contribution >= 0.6 is 12.2 Å². The van der Waals surface area contributed by atoms with E-state index in [1.54, 1.807) is 0 Å². The summed E-state index contributed by atoms with van der Waals surface area (Å²) in [5, 5.41) is 6.50. The van der Waals surface area contributed by atoms with E-state index in [9.17, 15) is 18.0 Å². The molecule has 18 heavy (non-hydrogen) atoms. The molecule has 1 saturated heterocycles. The highest BCUT2D eigenvalue weighted by atomic mass is 32.1. The minimum atomic E-state index is -4.67. The van der Waals surface area contributed by atoms with Crippen LogP contribution in [0.25, 0.3) is 0 Å². The van der Waals surface area contributed by atoms with Gasteiger partial charge >= 0.3 is 6.18 Å². The lowest BCUT2D eigenvalue weighted by atomic mass is 10.1. The molecule has 0 radical (unpaired) electrons. The van der Waals surface area contributed by atoms with Crippen LogP contribution in [0.4, 0.5) is 13.2 Å². The van der Waals surface area contributed by atoms with Gasteiger partial charge in [0, 0.05) is 12.7 Å². The van der Waals surface area contributed by atoms with Gasteiger partial charge < -0.3 is 10.6 Å². The molecular weight excluding hydrogens is 269 g/mol. The van der Waals surface area contributed by atoms with Crippen molar-refractivity contribution < 1.29 is 18.0 Å². The number of amides is 1. The maximum Gasteiger partial charge on any atom is 0.438 e. The largest absolute Gasteiger partial charge is 0.438 e. The van der Waals surface area contributed by atoms with E-state index in [2.05, 4.69) is 10.2 Å². The minimum absolute atomic E-state index is 0.0324. The SMILES string of the molecule is NC(=O)C1CCN(C2(C(F)(F)F)C=CN=N2)C1=S. The second-order valence-corrected chi connectivity index (χ2v) is 4.41. The number of nitrogens with two attached hydrogens (primary N) is 1. The third-order valence-corrected chi connectivity index (χ3v) is 3.47. The van der Waals surface area contributed by atoms with Crippen LogP contribution in [-0.4, -0.2) is 34.2 Å². The first kappa shape index (κ1) is 12.9. The van der Waals surface area contributed by atoms with Crippen molar-refractivity contribution in [1.82, 2.24) is 4.90 Å². The summed E-state index contributed by atoms with van der Waals surface area (Å²) in [5.74, 6) is -1.58. The van der Waals surface area contributed by atoms with Crippen molar-refractivity contribution in [3.8, 4) is 0 Å². The van der Waals surface area contributed by atoms with Crippen molar-refractivity contribution in [3.63, 3.8) is 0 Å². The van der Waals surface area contributed by atoms with E-state index in [1.165, 1.54) is 0 Å². The molecule has 2 rings (SSSR count). The standard InChI is InChI=1S/C9H9F3N4OS/c10-9(11,12)8(2-3-14-15-8)16-4-1-5(6(13)17)7(16)18/h2-3,5H,1,4H2,(H2,13,17). The zero-order valence-electron chi connectivity index (χ0n) is 9.02. The highest BCUT2D eigenvalue weighted by Crippen LogP contribution is 2.43. The Morgan fingerprint density at radius 1 is 1.61 bits per heavy atom. The normalized spacial score (nSPS) is 31.4. The van der Waals surface area contributed by atoms with Gasteiger partial charge in [-0.25, -0.2) is 0 Å². The molecule has 2 aliphatic heterocycles. The van der Waals surface area contributed by atoms with Crippen LogP contribution in [0.1, 0.15) is 6.42 Å². The number of nitrogens with zero attached hydrogens (tertiary/aromatic N) is 3. The monoisotopic (exact) mass is 278 g/mol. The molecule has 0 aromatic carbocycles. The predicted octanol–water partition coefficient (Wildman–Crippen LogP) is 1.36. The number of rotatable bonds is 2. The van der Waals surface area contributed by atoms with Gasteiger partial charge in [0.05, 0.1) is 10.9 Å². The summed E-state index contributed by atoms with van der Waals surface area (Å²) in [4.78, 5) is 11.8. The number of halogens is 3. The zero-order chi connectivity index (χ0) is 13.6. The topological polar surface area (TPSA) is 71.1 Å². The molecule has 2 heterocycles. The third-order valence-electron chi connectivity index (χ3n) is 2.96. The van der Waals surface area contributed by atoms with E-state index < -0.39 is 23.7 Å². The van der Waals surface area contributed by atoms with Crippen molar-refractivity contribution in [2.24, 2.45) is 21.9 Å². The summed E-state index contributed by atoms with van der Waals surface area (Å²) in [7, 11) is 0. The number of likely N-dealkylation sites (tertiary alicyclic amines) is 1. The fraction of sp³-hybridized carbons (Fsp3) is 0.556. The third kappa shape index (κ3) is 1.69. The molecule has 1 fully saturated rings. The first-order valence-electron chi connectivity index (χ1n) is 5.07. The fourth-order valence-corrected chi connectivity index (χ4v) is 2.49. The molecule has 0 aromatic rings. The second kappa shape index (κ2) is 4.01. The smallest absolute Gasteiger partial charge is 0.369 e. The number of primary amides is 1. The Morgan fingerprint density at radius 3 is 2.67 bits per heavy atom. The number of hydrogen-bond donors (Lipinski definition) is 1. The molecule has 0 bridgehead atoms. The summed E-state index contributed by atoms with van der Waals surface area (Å²) < 4.78 is 39.4. The zero-order valence-corrected chi connectivity index (χ0v) is 9.83. The fourth-order valence-electron chi connectivity index (χ4n) is 2.02. The van der Waals surface area contributed by atoms with Gasteiger partial charge in [-0.2, -0.15) is 18.3 Å². The van der Waals surface area contributed by atoms with Crippen LogP contribution in [0.3, 0.4) is 0 Å². The molecule has 98 valence electrons. The van der Waals surface area contributed by atoms with E-state index in [-0.39, 0.29) is 18.0 Å². The second-order valence-electron chi connectivity index (χ2n) is 3.99. The Labute approximate surface area is 106 Å². The first-order chi connectivity index (χ1) is 8.29. The number of azo groups is 1. The van der Waals surface area contributed by atoms with Gasteiger partial charge in [0.1, 0.15) is 0 Å². The van der Waals surface area contributed by atoms with Crippen LogP contribution in [0, 0.1) is 5.92 Å².